The molecule has 0 aliphatic carbocycles. The Kier molecular flexibility index (Phi) is 6.01. The van der Waals surface area contributed by atoms with Crippen molar-refractivity contribution in [2.45, 2.75) is 18.6 Å². The average Bonchev–Trinajstić information content (AvgIpc) is 2.99. The molecule has 1 saturated heterocycles. The van der Waals surface area contributed by atoms with E-state index < -0.39 is 0 Å². The molecule has 1 aliphatic rings. The molecule has 0 bridgehead atoms. The molecule has 0 aromatic carbocycles. The predicted octanol–water partition coefficient (Wildman–Crippen LogP) is 2.87. The molecule has 1 aliphatic heterocycles. The number of halogens is 1. The van der Waals surface area contributed by atoms with Crippen LogP contribution in [0.1, 0.15) is 17.7 Å². The third kappa shape index (κ3) is 4.67. The standard InChI is InChI=1S/C13H18ClNO2S2/c14-12-2-1-11(19-12)8-18-9-13(17)15-5-3-10(7-15)4-6-16/h1-2,10,16H,3-9H2. The number of aliphatic hydroxyl groups is 1. The summed E-state index contributed by atoms with van der Waals surface area (Å²) in [5, 5.41) is 8.90. The van der Waals surface area contributed by atoms with E-state index in [0.29, 0.717) is 11.7 Å². The number of aliphatic hydroxyl groups excluding tert-OH is 1. The summed E-state index contributed by atoms with van der Waals surface area (Å²) in [5.74, 6) is 2.07. The normalized spacial score (nSPS) is 19.1. The van der Waals surface area contributed by atoms with E-state index in [0.717, 1.165) is 36.0 Å². The number of rotatable bonds is 6. The van der Waals surface area contributed by atoms with Crippen molar-refractivity contribution in [1.29, 1.82) is 0 Å². The van der Waals surface area contributed by atoms with Crippen molar-refractivity contribution in [3.05, 3.63) is 21.3 Å². The van der Waals surface area contributed by atoms with E-state index in [-0.39, 0.29) is 12.5 Å². The molecule has 1 aromatic heterocycles. The lowest BCUT2D eigenvalue weighted by molar-refractivity contribution is -0.127. The Morgan fingerprint density at radius 3 is 3.11 bits per heavy atom. The summed E-state index contributed by atoms with van der Waals surface area (Å²) < 4.78 is 0.799. The van der Waals surface area contributed by atoms with E-state index in [1.54, 1.807) is 23.1 Å². The Hall–Kier alpha value is -0.230. The third-order valence-electron chi connectivity index (χ3n) is 3.27. The Morgan fingerprint density at radius 1 is 1.58 bits per heavy atom. The van der Waals surface area contributed by atoms with Gasteiger partial charge in [-0.2, -0.15) is 0 Å². The second kappa shape index (κ2) is 7.53. The van der Waals surface area contributed by atoms with Gasteiger partial charge in [0.2, 0.25) is 5.91 Å². The van der Waals surface area contributed by atoms with Crippen molar-refractivity contribution in [3.63, 3.8) is 0 Å². The van der Waals surface area contributed by atoms with Gasteiger partial charge >= 0.3 is 0 Å². The zero-order valence-corrected chi connectivity index (χ0v) is 13.1. The SMILES string of the molecule is O=C(CSCc1ccc(Cl)s1)N1CCC(CCO)C1. The van der Waals surface area contributed by atoms with Crippen molar-refractivity contribution >= 4 is 40.6 Å². The van der Waals surface area contributed by atoms with Gasteiger partial charge in [0.05, 0.1) is 10.1 Å². The van der Waals surface area contributed by atoms with Crippen LogP contribution >= 0.6 is 34.7 Å². The number of carbonyl (C=O) groups excluding carboxylic acids is 1. The van der Waals surface area contributed by atoms with Crippen molar-refractivity contribution in [1.82, 2.24) is 4.90 Å². The highest BCUT2D eigenvalue weighted by Gasteiger charge is 2.25. The molecule has 106 valence electrons. The van der Waals surface area contributed by atoms with E-state index in [9.17, 15) is 4.79 Å². The van der Waals surface area contributed by atoms with Crippen LogP contribution in [0.5, 0.6) is 0 Å². The first kappa shape index (κ1) is 15.2. The van der Waals surface area contributed by atoms with Gasteiger partial charge in [0, 0.05) is 30.3 Å². The van der Waals surface area contributed by atoms with Gasteiger partial charge in [-0.1, -0.05) is 11.6 Å². The van der Waals surface area contributed by atoms with E-state index in [1.165, 1.54) is 4.88 Å². The molecule has 1 unspecified atom stereocenters. The van der Waals surface area contributed by atoms with Gasteiger partial charge in [-0.25, -0.2) is 0 Å². The number of hydrogen-bond acceptors (Lipinski definition) is 4. The van der Waals surface area contributed by atoms with Crippen molar-refractivity contribution in [3.8, 4) is 0 Å². The number of likely N-dealkylation sites (tertiary alicyclic amines) is 1. The third-order valence-corrected chi connectivity index (χ3v) is 5.65. The summed E-state index contributed by atoms with van der Waals surface area (Å²) in [6.07, 6.45) is 1.84. The minimum atomic E-state index is 0.216. The molecule has 2 heterocycles. The van der Waals surface area contributed by atoms with Gasteiger partial charge in [-0.3, -0.25) is 4.79 Å². The first-order chi connectivity index (χ1) is 9.19. The minimum absolute atomic E-state index is 0.216. The Balaban J connectivity index is 1.67. The van der Waals surface area contributed by atoms with Gasteiger partial charge in [-0.15, -0.1) is 23.1 Å². The van der Waals surface area contributed by atoms with E-state index >= 15 is 0 Å². The van der Waals surface area contributed by atoms with E-state index in [2.05, 4.69) is 0 Å². The molecule has 0 spiro atoms. The highest BCUT2D eigenvalue weighted by atomic mass is 35.5. The second-order valence-corrected chi connectivity index (χ2v) is 7.49. The molecular weight excluding hydrogens is 302 g/mol. The number of thiophene rings is 1. The molecule has 1 N–H and O–H groups in total. The van der Waals surface area contributed by atoms with Gasteiger partial charge in [-0.05, 0) is 30.9 Å². The quantitative estimate of drug-likeness (QED) is 0.876. The van der Waals surface area contributed by atoms with Crippen LogP contribution in [0.15, 0.2) is 12.1 Å². The molecule has 0 radical (unpaired) electrons. The monoisotopic (exact) mass is 319 g/mol. The summed E-state index contributed by atoms with van der Waals surface area (Å²) in [4.78, 5) is 15.1. The lowest BCUT2D eigenvalue weighted by Gasteiger charge is -2.16. The molecule has 1 atom stereocenters. The molecular formula is C13H18ClNO2S2. The molecule has 3 nitrogen and oxygen atoms in total. The largest absolute Gasteiger partial charge is 0.396 e. The first-order valence-electron chi connectivity index (χ1n) is 6.39. The maximum absolute atomic E-state index is 12.0. The highest BCUT2D eigenvalue weighted by molar-refractivity contribution is 7.99. The molecule has 1 fully saturated rings. The van der Waals surface area contributed by atoms with Crippen LogP contribution in [-0.2, 0) is 10.5 Å². The number of thioether (sulfide) groups is 1. The summed E-state index contributed by atoms with van der Waals surface area (Å²) in [7, 11) is 0. The molecule has 19 heavy (non-hydrogen) atoms. The highest BCUT2D eigenvalue weighted by Crippen LogP contribution is 2.26. The summed E-state index contributed by atoms with van der Waals surface area (Å²) in [6.45, 7) is 1.88. The van der Waals surface area contributed by atoms with Crippen LogP contribution in [0, 0.1) is 5.92 Å². The summed E-state index contributed by atoms with van der Waals surface area (Å²) in [6, 6.07) is 3.90. The van der Waals surface area contributed by atoms with Gasteiger partial charge in [0.1, 0.15) is 0 Å². The zero-order chi connectivity index (χ0) is 13.7. The Bertz CT molecular complexity index is 425. The van der Waals surface area contributed by atoms with Gasteiger partial charge < -0.3 is 10.0 Å². The lowest BCUT2D eigenvalue weighted by atomic mass is 10.1. The van der Waals surface area contributed by atoms with E-state index in [1.807, 2.05) is 17.0 Å². The smallest absolute Gasteiger partial charge is 0.232 e. The van der Waals surface area contributed by atoms with Crippen molar-refractivity contribution < 1.29 is 9.90 Å². The number of hydrogen-bond donors (Lipinski definition) is 1. The Labute approximate surface area is 126 Å². The molecule has 0 saturated carbocycles. The predicted molar refractivity (Wildman–Crippen MR) is 81.9 cm³/mol. The number of nitrogens with zero attached hydrogens (tertiary/aromatic N) is 1. The van der Waals surface area contributed by atoms with Crippen LogP contribution in [0.4, 0.5) is 0 Å². The van der Waals surface area contributed by atoms with Crippen LogP contribution < -0.4 is 0 Å². The number of carbonyl (C=O) groups is 1. The first-order valence-corrected chi connectivity index (χ1v) is 8.74. The molecule has 2 rings (SSSR count). The van der Waals surface area contributed by atoms with E-state index in [4.69, 9.17) is 16.7 Å². The number of amides is 1. The fourth-order valence-electron chi connectivity index (χ4n) is 2.24. The van der Waals surface area contributed by atoms with Crippen LogP contribution in [0.3, 0.4) is 0 Å². The Morgan fingerprint density at radius 2 is 2.42 bits per heavy atom. The van der Waals surface area contributed by atoms with Gasteiger partial charge in [0.25, 0.3) is 0 Å². The zero-order valence-electron chi connectivity index (χ0n) is 10.7. The minimum Gasteiger partial charge on any atom is -0.396 e. The molecule has 1 amide bonds. The van der Waals surface area contributed by atoms with Crippen LogP contribution in [-0.4, -0.2) is 41.4 Å². The molecule has 6 heteroatoms. The van der Waals surface area contributed by atoms with Crippen molar-refractivity contribution in [2.75, 3.05) is 25.4 Å². The van der Waals surface area contributed by atoms with Crippen LogP contribution in [0.25, 0.3) is 0 Å². The lowest BCUT2D eigenvalue weighted by Crippen LogP contribution is -2.30. The summed E-state index contributed by atoms with van der Waals surface area (Å²) in [5.41, 5.74) is 0. The fourth-order valence-corrected chi connectivity index (χ4v) is 4.36. The van der Waals surface area contributed by atoms with Gasteiger partial charge in [0.15, 0.2) is 0 Å². The molecule has 1 aromatic rings. The average molecular weight is 320 g/mol. The fraction of sp³-hybridized carbons (Fsp3) is 0.615. The maximum atomic E-state index is 12.0. The van der Waals surface area contributed by atoms with Crippen LogP contribution in [0.2, 0.25) is 4.34 Å². The van der Waals surface area contributed by atoms with Crippen molar-refractivity contribution in [2.24, 2.45) is 5.92 Å². The summed E-state index contributed by atoms with van der Waals surface area (Å²) >= 11 is 9.08. The second-order valence-electron chi connectivity index (χ2n) is 4.71. The maximum Gasteiger partial charge on any atom is 0.232 e. The topological polar surface area (TPSA) is 40.5 Å².